The topological polar surface area (TPSA) is 82.3 Å². The standard InChI is InChI=1S/C14H18N2O3/c1-14(7-8-17,10-19-2)16-13(18)12-5-3-11(9-15)4-6-12/h3-6,17H,7-8,10H2,1-2H3,(H,16,18). The number of aliphatic hydroxyl groups is 1. The van der Waals surface area contributed by atoms with Crippen LogP contribution >= 0.6 is 0 Å². The lowest BCUT2D eigenvalue weighted by atomic mass is 9.98. The van der Waals surface area contributed by atoms with Crippen molar-refractivity contribution in [3.8, 4) is 6.07 Å². The first kappa shape index (κ1) is 15.2. The molecule has 0 spiro atoms. The van der Waals surface area contributed by atoms with E-state index in [-0.39, 0.29) is 12.5 Å². The molecule has 5 nitrogen and oxygen atoms in total. The normalized spacial score (nSPS) is 13.4. The summed E-state index contributed by atoms with van der Waals surface area (Å²) in [7, 11) is 1.55. The average molecular weight is 262 g/mol. The van der Waals surface area contributed by atoms with Gasteiger partial charge in [-0.1, -0.05) is 0 Å². The van der Waals surface area contributed by atoms with Crippen LogP contribution < -0.4 is 5.32 Å². The summed E-state index contributed by atoms with van der Waals surface area (Å²) in [5, 5.41) is 20.6. The Morgan fingerprint density at radius 2 is 2.11 bits per heavy atom. The number of hydrogen-bond donors (Lipinski definition) is 2. The molecule has 1 atom stereocenters. The van der Waals surface area contributed by atoms with Crippen LogP contribution in [0.2, 0.25) is 0 Å². The summed E-state index contributed by atoms with van der Waals surface area (Å²) >= 11 is 0. The summed E-state index contributed by atoms with van der Waals surface area (Å²) in [5.41, 5.74) is 0.361. The Labute approximate surface area is 112 Å². The van der Waals surface area contributed by atoms with Crippen LogP contribution in [-0.2, 0) is 4.74 Å². The highest BCUT2D eigenvalue weighted by molar-refractivity contribution is 5.94. The van der Waals surface area contributed by atoms with Crippen molar-refractivity contribution in [1.29, 1.82) is 5.26 Å². The summed E-state index contributed by atoms with van der Waals surface area (Å²) < 4.78 is 5.06. The zero-order valence-electron chi connectivity index (χ0n) is 11.1. The second kappa shape index (κ2) is 6.88. The van der Waals surface area contributed by atoms with Crippen LogP contribution in [0.25, 0.3) is 0 Å². The Morgan fingerprint density at radius 1 is 1.47 bits per heavy atom. The third-order valence-corrected chi connectivity index (χ3v) is 2.82. The molecule has 0 aliphatic rings. The second-order valence-corrected chi connectivity index (χ2v) is 4.61. The van der Waals surface area contributed by atoms with Gasteiger partial charge < -0.3 is 15.2 Å². The maximum Gasteiger partial charge on any atom is 0.251 e. The van der Waals surface area contributed by atoms with Gasteiger partial charge in [-0.15, -0.1) is 0 Å². The Morgan fingerprint density at radius 3 is 2.58 bits per heavy atom. The fourth-order valence-corrected chi connectivity index (χ4v) is 1.78. The number of ether oxygens (including phenoxy) is 1. The van der Waals surface area contributed by atoms with Gasteiger partial charge in [-0.05, 0) is 37.6 Å². The molecule has 2 N–H and O–H groups in total. The SMILES string of the molecule is COCC(C)(CCO)NC(=O)c1ccc(C#N)cc1. The van der Waals surface area contributed by atoms with Gasteiger partial charge in [0.2, 0.25) is 0 Å². The number of benzene rings is 1. The minimum Gasteiger partial charge on any atom is -0.396 e. The summed E-state index contributed by atoms with van der Waals surface area (Å²) in [6.45, 7) is 2.09. The molecule has 1 rings (SSSR count). The largest absolute Gasteiger partial charge is 0.396 e. The zero-order chi connectivity index (χ0) is 14.3. The van der Waals surface area contributed by atoms with E-state index in [1.165, 1.54) is 0 Å². The van der Waals surface area contributed by atoms with Crippen molar-refractivity contribution in [2.75, 3.05) is 20.3 Å². The molecule has 0 radical (unpaired) electrons. The highest BCUT2D eigenvalue weighted by Gasteiger charge is 2.26. The average Bonchev–Trinajstić information content (AvgIpc) is 2.39. The first-order valence-corrected chi connectivity index (χ1v) is 5.97. The third-order valence-electron chi connectivity index (χ3n) is 2.82. The number of aliphatic hydroxyl groups excluding tert-OH is 1. The molecule has 0 aliphatic carbocycles. The first-order chi connectivity index (χ1) is 9.04. The number of nitrogens with one attached hydrogen (secondary N) is 1. The molecule has 0 saturated heterocycles. The van der Waals surface area contributed by atoms with Crippen molar-refractivity contribution >= 4 is 5.91 Å². The number of carbonyl (C=O) groups excluding carboxylic acids is 1. The highest BCUT2D eigenvalue weighted by atomic mass is 16.5. The zero-order valence-corrected chi connectivity index (χ0v) is 11.1. The van der Waals surface area contributed by atoms with Crippen LogP contribution in [-0.4, -0.2) is 36.9 Å². The van der Waals surface area contributed by atoms with Crippen molar-refractivity contribution in [3.63, 3.8) is 0 Å². The number of hydrogen-bond acceptors (Lipinski definition) is 4. The molecule has 1 unspecified atom stereocenters. The molecule has 0 heterocycles. The molecule has 1 amide bonds. The van der Waals surface area contributed by atoms with E-state index in [1.54, 1.807) is 31.4 Å². The Hall–Kier alpha value is -1.90. The van der Waals surface area contributed by atoms with Gasteiger partial charge in [-0.25, -0.2) is 0 Å². The van der Waals surface area contributed by atoms with Gasteiger partial charge in [0.25, 0.3) is 5.91 Å². The lowest BCUT2D eigenvalue weighted by Gasteiger charge is -2.29. The molecule has 0 fully saturated rings. The quantitative estimate of drug-likeness (QED) is 0.803. The summed E-state index contributed by atoms with van der Waals surface area (Å²) in [5.74, 6) is -0.252. The van der Waals surface area contributed by atoms with Gasteiger partial charge in [0.1, 0.15) is 0 Å². The van der Waals surface area contributed by atoms with Gasteiger partial charge in [0.05, 0.1) is 23.8 Å². The number of amides is 1. The fourth-order valence-electron chi connectivity index (χ4n) is 1.78. The number of rotatable bonds is 6. The smallest absolute Gasteiger partial charge is 0.251 e. The molecular formula is C14H18N2O3. The Kier molecular flexibility index (Phi) is 5.49. The molecule has 0 aromatic heterocycles. The molecule has 0 bridgehead atoms. The predicted molar refractivity (Wildman–Crippen MR) is 70.6 cm³/mol. The van der Waals surface area contributed by atoms with Crippen LogP contribution in [0.15, 0.2) is 24.3 Å². The van der Waals surface area contributed by atoms with Crippen LogP contribution in [0.3, 0.4) is 0 Å². The van der Waals surface area contributed by atoms with E-state index >= 15 is 0 Å². The van der Waals surface area contributed by atoms with Gasteiger partial charge in [0, 0.05) is 19.3 Å². The minimum absolute atomic E-state index is 0.0342. The van der Waals surface area contributed by atoms with Gasteiger partial charge >= 0.3 is 0 Å². The van der Waals surface area contributed by atoms with Crippen molar-refractivity contribution < 1.29 is 14.6 Å². The van der Waals surface area contributed by atoms with Crippen LogP contribution in [0.4, 0.5) is 0 Å². The van der Waals surface area contributed by atoms with E-state index < -0.39 is 5.54 Å². The summed E-state index contributed by atoms with van der Waals surface area (Å²) in [6.07, 6.45) is 0.406. The molecule has 5 heteroatoms. The Bertz CT molecular complexity index is 457. The van der Waals surface area contributed by atoms with Crippen LogP contribution in [0.5, 0.6) is 0 Å². The van der Waals surface area contributed by atoms with Gasteiger partial charge in [0.15, 0.2) is 0 Å². The monoisotopic (exact) mass is 262 g/mol. The summed E-state index contributed by atoms with van der Waals surface area (Å²) in [4.78, 5) is 12.1. The molecular weight excluding hydrogens is 244 g/mol. The van der Waals surface area contributed by atoms with E-state index in [0.717, 1.165) is 0 Å². The lowest BCUT2D eigenvalue weighted by molar-refractivity contribution is 0.0725. The maximum atomic E-state index is 12.1. The fraction of sp³-hybridized carbons (Fsp3) is 0.429. The van der Waals surface area contributed by atoms with Gasteiger partial charge in [-0.3, -0.25) is 4.79 Å². The predicted octanol–water partition coefficient (Wildman–Crippen LogP) is 1.08. The van der Waals surface area contributed by atoms with E-state index in [0.29, 0.717) is 24.2 Å². The highest BCUT2D eigenvalue weighted by Crippen LogP contribution is 2.12. The van der Waals surface area contributed by atoms with Crippen molar-refractivity contribution in [1.82, 2.24) is 5.32 Å². The molecule has 0 aliphatic heterocycles. The van der Waals surface area contributed by atoms with Crippen molar-refractivity contribution in [3.05, 3.63) is 35.4 Å². The number of methoxy groups -OCH3 is 1. The molecule has 1 aromatic carbocycles. The third kappa shape index (κ3) is 4.36. The second-order valence-electron chi connectivity index (χ2n) is 4.61. The lowest BCUT2D eigenvalue weighted by Crippen LogP contribution is -2.50. The minimum atomic E-state index is -0.617. The molecule has 19 heavy (non-hydrogen) atoms. The number of carbonyl (C=O) groups is 1. The van der Waals surface area contributed by atoms with E-state index in [4.69, 9.17) is 15.1 Å². The Balaban J connectivity index is 2.78. The van der Waals surface area contributed by atoms with E-state index in [1.807, 2.05) is 13.0 Å². The van der Waals surface area contributed by atoms with Crippen molar-refractivity contribution in [2.45, 2.75) is 18.9 Å². The number of nitrogens with zero attached hydrogens (tertiary/aromatic N) is 1. The molecule has 102 valence electrons. The van der Waals surface area contributed by atoms with E-state index in [2.05, 4.69) is 5.32 Å². The number of nitriles is 1. The first-order valence-electron chi connectivity index (χ1n) is 5.97. The van der Waals surface area contributed by atoms with Crippen LogP contribution in [0.1, 0.15) is 29.3 Å². The summed E-state index contributed by atoms with van der Waals surface area (Å²) in [6, 6.07) is 8.38. The van der Waals surface area contributed by atoms with E-state index in [9.17, 15) is 4.79 Å². The molecule has 0 saturated carbocycles. The maximum absolute atomic E-state index is 12.1. The van der Waals surface area contributed by atoms with Crippen molar-refractivity contribution in [2.24, 2.45) is 0 Å². The molecule has 1 aromatic rings. The van der Waals surface area contributed by atoms with Gasteiger partial charge in [-0.2, -0.15) is 5.26 Å². The van der Waals surface area contributed by atoms with Crippen LogP contribution in [0, 0.1) is 11.3 Å².